The molecule has 2 N–H and O–H groups in total. The van der Waals surface area contributed by atoms with Gasteiger partial charge in [0.05, 0.1) is 6.61 Å². The molecule has 2 amide bonds. The number of hydrogen-bond donors (Lipinski definition) is 2. The molecule has 22 heavy (non-hydrogen) atoms. The van der Waals surface area contributed by atoms with Gasteiger partial charge in [-0.15, -0.1) is 0 Å². The van der Waals surface area contributed by atoms with Gasteiger partial charge in [0.25, 0.3) is 5.91 Å². The van der Waals surface area contributed by atoms with Gasteiger partial charge in [0.1, 0.15) is 5.75 Å². The number of rotatable bonds is 10. The van der Waals surface area contributed by atoms with Crippen molar-refractivity contribution in [3.8, 4) is 5.75 Å². The number of aryl methyl sites for hydroxylation is 1. The van der Waals surface area contributed by atoms with Crippen LogP contribution in [0.25, 0.3) is 0 Å². The molecule has 0 spiro atoms. The molecule has 1 rings (SSSR count). The van der Waals surface area contributed by atoms with E-state index in [0.717, 1.165) is 17.7 Å². The first-order valence-electron chi connectivity index (χ1n) is 7.40. The van der Waals surface area contributed by atoms with Crippen molar-refractivity contribution in [1.29, 1.82) is 0 Å². The lowest BCUT2D eigenvalue weighted by molar-refractivity contribution is -0.124. The highest BCUT2D eigenvalue weighted by molar-refractivity contribution is 5.78. The molecule has 0 unspecified atom stereocenters. The van der Waals surface area contributed by atoms with Crippen molar-refractivity contribution < 1.29 is 19.1 Å². The highest BCUT2D eigenvalue weighted by atomic mass is 16.5. The topological polar surface area (TPSA) is 76.7 Å². The Morgan fingerprint density at radius 3 is 2.45 bits per heavy atom. The van der Waals surface area contributed by atoms with E-state index in [2.05, 4.69) is 10.6 Å². The monoisotopic (exact) mass is 308 g/mol. The Labute approximate surface area is 131 Å². The lowest BCUT2D eigenvalue weighted by atomic mass is 10.1. The highest BCUT2D eigenvalue weighted by Gasteiger charge is 2.05. The van der Waals surface area contributed by atoms with Gasteiger partial charge < -0.3 is 20.1 Å². The third kappa shape index (κ3) is 7.08. The molecule has 122 valence electrons. The molecule has 1 aromatic rings. The maximum Gasteiger partial charge on any atom is 0.258 e. The summed E-state index contributed by atoms with van der Waals surface area (Å²) in [6.07, 6.45) is 1.17. The van der Waals surface area contributed by atoms with Gasteiger partial charge in [-0.2, -0.15) is 0 Å². The molecule has 0 heterocycles. The van der Waals surface area contributed by atoms with E-state index in [1.165, 1.54) is 0 Å². The van der Waals surface area contributed by atoms with E-state index < -0.39 is 0 Å². The Morgan fingerprint density at radius 2 is 1.77 bits per heavy atom. The third-order valence-electron chi connectivity index (χ3n) is 3.01. The summed E-state index contributed by atoms with van der Waals surface area (Å²) in [6, 6.07) is 7.64. The number of benzene rings is 1. The fourth-order valence-electron chi connectivity index (χ4n) is 1.82. The number of hydrogen-bond acceptors (Lipinski definition) is 4. The van der Waals surface area contributed by atoms with Gasteiger partial charge in [0.15, 0.2) is 6.61 Å². The van der Waals surface area contributed by atoms with Crippen LogP contribution in [0, 0.1) is 0 Å². The maximum atomic E-state index is 11.7. The van der Waals surface area contributed by atoms with Crippen LogP contribution in [-0.4, -0.2) is 45.2 Å². The van der Waals surface area contributed by atoms with Crippen molar-refractivity contribution in [2.75, 3.05) is 33.4 Å². The molecule has 0 bridgehead atoms. The van der Waals surface area contributed by atoms with E-state index in [4.69, 9.17) is 9.47 Å². The van der Waals surface area contributed by atoms with Gasteiger partial charge in [0, 0.05) is 26.6 Å². The highest BCUT2D eigenvalue weighted by Crippen LogP contribution is 2.17. The average molecular weight is 308 g/mol. The zero-order valence-corrected chi connectivity index (χ0v) is 13.2. The SMILES string of the molecule is CCc1ccccc1OCC(=O)NCCNC(=O)CCOC. The summed E-state index contributed by atoms with van der Waals surface area (Å²) in [5, 5.41) is 5.38. The van der Waals surface area contributed by atoms with Crippen molar-refractivity contribution in [2.24, 2.45) is 0 Å². The Morgan fingerprint density at radius 1 is 1.09 bits per heavy atom. The number of carbonyl (C=O) groups excluding carboxylic acids is 2. The van der Waals surface area contributed by atoms with Crippen LogP contribution < -0.4 is 15.4 Å². The van der Waals surface area contributed by atoms with Crippen LogP contribution in [0.2, 0.25) is 0 Å². The second-order valence-corrected chi connectivity index (χ2v) is 4.69. The van der Waals surface area contributed by atoms with E-state index in [0.29, 0.717) is 26.1 Å². The summed E-state index contributed by atoms with van der Waals surface area (Å²) in [5.74, 6) is 0.425. The van der Waals surface area contributed by atoms with Crippen LogP contribution in [0.5, 0.6) is 5.75 Å². The number of nitrogens with one attached hydrogen (secondary N) is 2. The summed E-state index contributed by atoms with van der Waals surface area (Å²) in [5.41, 5.74) is 1.07. The molecule has 0 fully saturated rings. The molecule has 0 aliphatic rings. The number of carbonyl (C=O) groups is 2. The quantitative estimate of drug-likeness (QED) is 0.630. The molecule has 0 saturated heterocycles. The van der Waals surface area contributed by atoms with E-state index in [-0.39, 0.29) is 18.4 Å². The van der Waals surface area contributed by atoms with E-state index in [9.17, 15) is 9.59 Å². The summed E-state index contributed by atoms with van der Waals surface area (Å²) < 4.78 is 10.3. The van der Waals surface area contributed by atoms with Crippen molar-refractivity contribution in [1.82, 2.24) is 10.6 Å². The summed E-state index contributed by atoms with van der Waals surface area (Å²) in [7, 11) is 1.55. The van der Waals surface area contributed by atoms with E-state index in [1.54, 1.807) is 7.11 Å². The average Bonchev–Trinajstić information content (AvgIpc) is 2.55. The third-order valence-corrected chi connectivity index (χ3v) is 3.01. The Kier molecular flexibility index (Phi) is 8.67. The predicted octanol–water partition coefficient (Wildman–Crippen LogP) is 0.897. The van der Waals surface area contributed by atoms with Gasteiger partial charge in [-0.25, -0.2) is 0 Å². The van der Waals surface area contributed by atoms with E-state index in [1.807, 2.05) is 31.2 Å². The second kappa shape index (κ2) is 10.6. The molecule has 0 aliphatic heterocycles. The Balaban J connectivity index is 2.17. The van der Waals surface area contributed by atoms with Crippen LogP contribution in [0.3, 0.4) is 0 Å². The van der Waals surface area contributed by atoms with Crippen LogP contribution in [0.4, 0.5) is 0 Å². The first-order valence-corrected chi connectivity index (χ1v) is 7.40. The van der Waals surface area contributed by atoms with Gasteiger partial charge in [0.2, 0.25) is 5.91 Å². The smallest absolute Gasteiger partial charge is 0.258 e. The molecule has 1 aromatic carbocycles. The molecular formula is C16H24N2O4. The minimum Gasteiger partial charge on any atom is -0.483 e. The Hall–Kier alpha value is -2.08. The van der Waals surface area contributed by atoms with Crippen molar-refractivity contribution in [2.45, 2.75) is 19.8 Å². The normalized spacial score (nSPS) is 10.1. The molecule has 0 atom stereocenters. The lowest BCUT2D eigenvalue weighted by Crippen LogP contribution is -2.37. The minimum absolute atomic E-state index is 0.0331. The van der Waals surface area contributed by atoms with E-state index >= 15 is 0 Å². The van der Waals surface area contributed by atoms with Crippen molar-refractivity contribution in [3.63, 3.8) is 0 Å². The summed E-state index contributed by atoms with van der Waals surface area (Å²) in [4.78, 5) is 23.0. The van der Waals surface area contributed by atoms with Gasteiger partial charge in [-0.05, 0) is 18.1 Å². The number of methoxy groups -OCH3 is 1. The maximum absolute atomic E-state index is 11.7. The fourth-order valence-corrected chi connectivity index (χ4v) is 1.82. The fraction of sp³-hybridized carbons (Fsp3) is 0.500. The van der Waals surface area contributed by atoms with Crippen molar-refractivity contribution >= 4 is 11.8 Å². The summed E-state index contributed by atoms with van der Waals surface area (Å²) in [6.45, 7) is 3.15. The van der Waals surface area contributed by atoms with Crippen LogP contribution >= 0.6 is 0 Å². The van der Waals surface area contributed by atoms with Crippen LogP contribution in [0.15, 0.2) is 24.3 Å². The number of para-hydroxylation sites is 1. The first kappa shape index (κ1) is 18.0. The van der Waals surface area contributed by atoms with Crippen molar-refractivity contribution in [3.05, 3.63) is 29.8 Å². The molecular weight excluding hydrogens is 284 g/mol. The second-order valence-electron chi connectivity index (χ2n) is 4.69. The summed E-state index contributed by atoms with van der Waals surface area (Å²) >= 11 is 0. The predicted molar refractivity (Wildman–Crippen MR) is 83.8 cm³/mol. The molecule has 0 aliphatic carbocycles. The first-order chi connectivity index (χ1) is 10.7. The van der Waals surface area contributed by atoms with Gasteiger partial charge in [-0.1, -0.05) is 25.1 Å². The standard InChI is InChI=1S/C16H24N2O4/c1-3-13-6-4-5-7-14(13)22-12-16(20)18-10-9-17-15(19)8-11-21-2/h4-7H,3,8-12H2,1-2H3,(H,17,19)(H,18,20). The largest absolute Gasteiger partial charge is 0.483 e. The lowest BCUT2D eigenvalue weighted by Gasteiger charge is -2.10. The zero-order valence-electron chi connectivity index (χ0n) is 13.2. The van der Waals surface area contributed by atoms with Crippen LogP contribution in [-0.2, 0) is 20.7 Å². The molecule has 0 aromatic heterocycles. The molecule has 6 heteroatoms. The minimum atomic E-state index is -0.211. The molecule has 6 nitrogen and oxygen atoms in total. The van der Waals surface area contributed by atoms with Gasteiger partial charge in [-0.3, -0.25) is 9.59 Å². The van der Waals surface area contributed by atoms with Gasteiger partial charge >= 0.3 is 0 Å². The number of ether oxygens (including phenoxy) is 2. The number of amides is 2. The molecule has 0 saturated carbocycles. The van der Waals surface area contributed by atoms with Crippen LogP contribution in [0.1, 0.15) is 18.9 Å². The zero-order chi connectivity index (χ0) is 16.2. The Bertz CT molecular complexity index is 477. The molecule has 0 radical (unpaired) electrons.